The number of methoxy groups -OCH3 is 1. The zero-order valence-corrected chi connectivity index (χ0v) is 20.3. The molecular formula is C26H27FN2O5S. The monoisotopic (exact) mass is 498 g/mol. The Bertz CT molecular complexity index is 1150. The zero-order chi connectivity index (χ0) is 24.6. The van der Waals surface area contributed by atoms with Crippen LogP contribution >= 0.6 is 11.3 Å². The number of amides is 2. The highest BCUT2D eigenvalue weighted by Crippen LogP contribution is 2.33. The SMILES string of the molecule is COCCCN(CC(=O)N(Cc1ccc2c(c1)OCO2)Cc1cccs1)C(=O)c1cccc(F)c1. The van der Waals surface area contributed by atoms with Gasteiger partial charge < -0.3 is 24.0 Å². The summed E-state index contributed by atoms with van der Waals surface area (Å²) < 4.78 is 29.7. The van der Waals surface area contributed by atoms with Crippen molar-refractivity contribution >= 4 is 23.2 Å². The first-order valence-corrected chi connectivity index (χ1v) is 12.1. The number of halogens is 1. The number of carbonyl (C=O) groups is 2. The van der Waals surface area contributed by atoms with Crippen LogP contribution in [0.5, 0.6) is 11.5 Å². The van der Waals surface area contributed by atoms with Gasteiger partial charge in [0.05, 0.1) is 6.54 Å². The Labute approximate surface area is 207 Å². The molecule has 3 aromatic rings. The summed E-state index contributed by atoms with van der Waals surface area (Å²) in [4.78, 5) is 30.9. The normalized spacial score (nSPS) is 11.9. The summed E-state index contributed by atoms with van der Waals surface area (Å²) in [6, 6.07) is 15.0. The Morgan fingerprint density at radius 1 is 1.03 bits per heavy atom. The minimum absolute atomic E-state index is 0.130. The largest absolute Gasteiger partial charge is 0.454 e. The van der Waals surface area contributed by atoms with E-state index in [0.29, 0.717) is 44.2 Å². The lowest BCUT2D eigenvalue weighted by atomic mass is 10.1. The highest BCUT2D eigenvalue weighted by molar-refractivity contribution is 7.09. The number of nitrogens with zero attached hydrogens (tertiary/aromatic N) is 2. The lowest BCUT2D eigenvalue weighted by Crippen LogP contribution is -2.43. The maximum atomic E-state index is 13.8. The van der Waals surface area contributed by atoms with Crippen LogP contribution in [-0.2, 0) is 22.6 Å². The zero-order valence-electron chi connectivity index (χ0n) is 19.4. The molecule has 0 fully saturated rings. The first-order valence-electron chi connectivity index (χ1n) is 11.3. The molecule has 9 heteroatoms. The Morgan fingerprint density at radius 3 is 2.66 bits per heavy atom. The molecule has 0 bridgehead atoms. The molecule has 0 aliphatic carbocycles. The average molecular weight is 499 g/mol. The molecule has 2 aromatic carbocycles. The number of ether oxygens (including phenoxy) is 3. The second-order valence-electron chi connectivity index (χ2n) is 8.10. The summed E-state index contributed by atoms with van der Waals surface area (Å²) in [5, 5.41) is 1.96. The predicted molar refractivity (Wildman–Crippen MR) is 130 cm³/mol. The molecular weight excluding hydrogens is 471 g/mol. The van der Waals surface area contributed by atoms with Crippen LogP contribution in [0.3, 0.4) is 0 Å². The van der Waals surface area contributed by atoms with Gasteiger partial charge in [0.1, 0.15) is 12.4 Å². The maximum Gasteiger partial charge on any atom is 0.254 e. The predicted octanol–water partition coefficient (Wildman–Crippen LogP) is 4.32. The van der Waals surface area contributed by atoms with Crippen molar-refractivity contribution in [1.82, 2.24) is 9.80 Å². The van der Waals surface area contributed by atoms with Gasteiger partial charge in [-0.05, 0) is 53.8 Å². The van der Waals surface area contributed by atoms with Crippen LogP contribution in [0.2, 0.25) is 0 Å². The van der Waals surface area contributed by atoms with Crippen LogP contribution in [0.4, 0.5) is 4.39 Å². The fourth-order valence-corrected chi connectivity index (χ4v) is 4.52. The van der Waals surface area contributed by atoms with E-state index in [1.807, 2.05) is 35.7 Å². The molecule has 0 spiro atoms. The molecule has 2 heterocycles. The van der Waals surface area contributed by atoms with Gasteiger partial charge >= 0.3 is 0 Å². The molecule has 2 amide bonds. The first-order chi connectivity index (χ1) is 17.0. The van der Waals surface area contributed by atoms with E-state index < -0.39 is 11.7 Å². The summed E-state index contributed by atoms with van der Waals surface area (Å²) in [5.74, 6) is 0.218. The molecule has 0 atom stereocenters. The second-order valence-corrected chi connectivity index (χ2v) is 9.13. The van der Waals surface area contributed by atoms with E-state index >= 15 is 0 Å². The van der Waals surface area contributed by atoms with E-state index in [0.717, 1.165) is 10.4 Å². The van der Waals surface area contributed by atoms with Crippen LogP contribution in [0, 0.1) is 5.82 Å². The number of carbonyl (C=O) groups excluding carboxylic acids is 2. The highest BCUT2D eigenvalue weighted by Gasteiger charge is 2.24. The van der Waals surface area contributed by atoms with Gasteiger partial charge in [0.15, 0.2) is 11.5 Å². The van der Waals surface area contributed by atoms with Crippen molar-refractivity contribution < 1.29 is 28.2 Å². The summed E-state index contributed by atoms with van der Waals surface area (Å²) in [5.41, 5.74) is 1.09. The molecule has 1 aliphatic rings. The van der Waals surface area contributed by atoms with E-state index in [-0.39, 0.29) is 24.8 Å². The summed E-state index contributed by atoms with van der Waals surface area (Å²) in [6.07, 6.45) is 0.553. The minimum atomic E-state index is -0.499. The molecule has 0 radical (unpaired) electrons. The lowest BCUT2D eigenvalue weighted by Gasteiger charge is -2.28. The number of thiophene rings is 1. The quantitative estimate of drug-likeness (QED) is 0.368. The van der Waals surface area contributed by atoms with Crippen LogP contribution in [-0.4, -0.2) is 55.2 Å². The topological polar surface area (TPSA) is 68.3 Å². The van der Waals surface area contributed by atoms with Crippen LogP contribution in [0.15, 0.2) is 60.0 Å². The highest BCUT2D eigenvalue weighted by atomic mass is 32.1. The second kappa shape index (κ2) is 11.8. The van der Waals surface area contributed by atoms with Crippen LogP contribution in [0.1, 0.15) is 27.2 Å². The average Bonchev–Trinajstić information content (AvgIpc) is 3.54. The van der Waals surface area contributed by atoms with Crippen molar-refractivity contribution in [3.8, 4) is 11.5 Å². The lowest BCUT2D eigenvalue weighted by molar-refractivity contribution is -0.133. The van der Waals surface area contributed by atoms with Gasteiger partial charge in [0.25, 0.3) is 5.91 Å². The molecule has 7 nitrogen and oxygen atoms in total. The van der Waals surface area contributed by atoms with E-state index in [1.165, 1.54) is 23.1 Å². The van der Waals surface area contributed by atoms with Gasteiger partial charge in [0.2, 0.25) is 12.7 Å². The number of rotatable bonds is 11. The van der Waals surface area contributed by atoms with Crippen molar-refractivity contribution in [1.29, 1.82) is 0 Å². The van der Waals surface area contributed by atoms with Gasteiger partial charge in [0, 0.05) is 37.2 Å². The standard InChI is InChI=1S/C26H27FN2O5S/c1-32-11-4-10-28(26(31)20-5-2-6-21(27)14-20)17-25(30)29(16-22-7-3-12-35-22)15-19-8-9-23-24(13-19)34-18-33-23/h2-3,5-9,12-14H,4,10-11,15-18H2,1H3. The molecule has 1 aromatic heterocycles. The van der Waals surface area contributed by atoms with Gasteiger partial charge in [-0.25, -0.2) is 4.39 Å². The fraction of sp³-hybridized carbons (Fsp3) is 0.308. The molecule has 0 saturated heterocycles. The number of fused-ring (bicyclic) bond motifs is 1. The van der Waals surface area contributed by atoms with Crippen LogP contribution in [0.25, 0.3) is 0 Å². The van der Waals surface area contributed by atoms with Crippen molar-refractivity contribution in [2.75, 3.05) is 33.6 Å². The molecule has 0 N–H and O–H groups in total. The molecule has 0 unspecified atom stereocenters. The number of hydrogen-bond donors (Lipinski definition) is 0. The molecule has 4 rings (SSSR count). The van der Waals surface area contributed by atoms with Crippen molar-refractivity contribution in [3.63, 3.8) is 0 Å². The van der Waals surface area contributed by atoms with E-state index in [2.05, 4.69) is 0 Å². The van der Waals surface area contributed by atoms with E-state index in [4.69, 9.17) is 14.2 Å². The molecule has 35 heavy (non-hydrogen) atoms. The van der Waals surface area contributed by atoms with Gasteiger partial charge in [-0.1, -0.05) is 18.2 Å². The smallest absolute Gasteiger partial charge is 0.254 e. The fourth-order valence-electron chi connectivity index (χ4n) is 3.80. The molecule has 184 valence electrons. The number of benzene rings is 2. The Balaban J connectivity index is 1.53. The third-order valence-electron chi connectivity index (χ3n) is 5.55. The molecule has 1 aliphatic heterocycles. The Kier molecular flexibility index (Phi) is 8.33. The van der Waals surface area contributed by atoms with Gasteiger partial charge in [-0.2, -0.15) is 0 Å². The first kappa shape index (κ1) is 24.7. The van der Waals surface area contributed by atoms with E-state index in [9.17, 15) is 14.0 Å². The summed E-state index contributed by atoms with van der Waals surface area (Å²) >= 11 is 1.56. The van der Waals surface area contributed by atoms with Gasteiger partial charge in [-0.3, -0.25) is 9.59 Å². The third-order valence-corrected chi connectivity index (χ3v) is 6.41. The minimum Gasteiger partial charge on any atom is -0.454 e. The Morgan fingerprint density at radius 2 is 1.89 bits per heavy atom. The third kappa shape index (κ3) is 6.58. The van der Waals surface area contributed by atoms with Crippen LogP contribution < -0.4 is 9.47 Å². The number of hydrogen-bond acceptors (Lipinski definition) is 6. The van der Waals surface area contributed by atoms with Crippen molar-refractivity contribution in [3.05, 3.63) is 81.8 Å². The Hall–Kier alpha value is -3.43. The molecule has 0 saturated carbocycles. The van der Waals surface area contributed by atoms with Crippen molar-refractivity contribution in [2.24, 2.45) is 0 Å². The summed E-state index contributed by atoms with van der Waals surface area (Å²) in [7, 11) is 1.58. The van der Waals surface area contributed by atoms with Crippen molar-refractivity contribution in [2.45, 2.75) is 19.5 Å². The van der Waals surface area contributed by atoms with E-state index in [1.54, 1.807) is 29.4 Å². The van der Waals surface area contributed by atoms with Gasteiger partial charge in [-0.15, -0.1) is 11.3 Å². The maximum absolute atomic E-state index is 13.8. The summed E-state index contributed by atoms with van der Waals surface area (Å²) in [6.45, 7) is 1.55.